The van der Waals surface area contributed by atoms with E-state index in [4.69, 9.17) is 25.8 Å². The van der Waals surface area contributed by atoms with E-state index in [1.807, 2.05) is 212 Å². The summed E-state index contributed by atoms with van der Waals surface area (Å²) in [7, 11) is 0. The minimum Gasteiger partial charge on any atom is -0.388 e. The van der Waals surface area contributed by atoms with Crippen molar-refractivity contribution in [3.8, 4) is 0 Å². The quantitative estimate of drug-likeness (QED) is 0.0170. The Hall–Kier alpha value is -14.2. The molecule has 23 nitrogen and oxygen atoms in total. The molecule has 0 saturated heterocycles. The number of pyridine rings is 5. The average Bonchev–Trinajstić information content (AvgIpc) is 0.845. The molecule has 0 aliphatic rings. The normalized spacial score (nSPS) is 10.5. The van der Waals surface area contributed by atoms with E-state index in [-0.39, 0.29) is 11.6 Å². The molecule has 0 aliphatic heterocycles. The van der Waals surface area contributed by atoms with E-state index in [9.17, 15) is 24.0 Å². The Morgan fingerprint density at radius 2 is 0.782 bits per heavy atom. The van der Waals surface area contributed by atoms with Crippen molar-refractivity contribution in [3.05, 3.63) is 360 Å². The zero-order chi connectivity index (χ0) is 76.8. The van der Waals surface area contributed by atoms with Crippen molar-refractivity contribution in [2.75, 3.05) is 39.8 Å². The van der Waals surface area contributed by atoms with E-state index >= 15 is 0 Å². The van der Waals surface area contributed by atoms with Crippen LogP contribution in [0.15, 0.2) is 304 Å². The summed E-state index contributed by atoms with van der Waals surface area (Å²) in [4.78, 5) is 78.4. The van der Waals surface area contributed by atoms with Crippen LogP contribution in [-0.2, 0) is 32.7 Å². The second kappa shape index (κ2) is 39.2. The Morgan fingerprint density at radius 3 is 1.42 bits per heavy atom. The fourth-order valence-electron chi connectivity index (χ4n) is 11.5. The van der Waals surface area contributed by atoms with Crippen LogP contribution in [0.25, 0.3) is 54.4 Å². The van der Waals surface area contributed by atoms with E-state index in [0.717, 1.165) is 111 Å². The number of aromatic nitrogens is 5. The fourth-order valence-corrected chi connectivity index (χ4v) is 11.5. The average molecular weight is 1460 g/mol. The third kappa shape index (κ3) is 21.5. The predicted molar refractivity (Wildman–Crippen MR) is 428 cm³/mol. The van der Waals surface area contributed by atoms with Crippen molar-refractivity contribution < 1.29 is 49.8 Å². The molecule has 5 heterocycles. The van der Waals surface area contributed by atoms with Gasteiger partial charge in [-0.25, -0.2) is 21.4 Å². The van der Waals surface area contributed by atoms with E-state index in [0.29, 0.717) is 60.5 Å². The number of fused-ring (bicyclic) bond motifs is 5. The molecule has 15 aromatic rings. The molecule has 0 radical (unpaired) electrons. The molecule has 3 amide bonds. The number of hydroxylamine groups is 3. The van der Waals surface area contributed by atoms with Crippen LogP contribution in [0.5, 0.6) is 0 Å². The molecule has 0 fully saturated rings. The molecule has 15 rings (SSSR count). The number of carbonyl (C=O) groups is 5. The van der Waals surface area contributed by atoms with Crippen LogP contribution in [0.3, 0.4) is 0 Å². The van der Waals surface area contributed by atoms with Gasteiger partial charge in [-0.3, -0.25) is 59.5 Å². The van der Waals surface area contributed by atoms with Gasteiger partial charge in [-0.1, -0.05) is 164 Å². The minimum atomic E-state index is -0.520. The van der Waals surface area contributed by atoms with E-state index in [1.165, 1.54) is 0 Å². The molecule has 0 aliphatic carbocycles. The highest BCUT2D eigenvalue weighted by molar-refractivity contribution is 5.99. The molecule has 0 spiro atoms. The topological polar surface area (TPSA) is 347 Å². The second-order valence-corrected chi connectivity index (χ2v) is 24.7. The molecule has 0 bridgehead atoms. The highest BCUT2D eigenvalue weighted by Gasteiger charge is 2.11. The van der Waals surface area contributed by atoms with Crippen molar-refractivity contribution in [3.63, 3.8) is 0 Å². The summed E-state index contributed by atoms with van der Waals surface area (Å²) in [6, 6.07) is 85.4. The van der Waals surface area contributed by atoms with Crippen molar-refractivity contribution in [1.82, 2.24) is 41.4 Å². The van der Waals surface area contributed by atoms with E-state index < -0.39 is 30.9 Å². The lowest BCUT2D eigenvalue weighted by Crippen LogP contribution is -2.18. The molecule has 550 valence electrons. The van der Waals surface area contributed by atoms with Gasteiger partial charge in [-0.15, -0.1) is 0 Å². The molecule has 13 N–H and O–H groups in total. The number of nitrogens with one attached hydrogen (secondary N) is 8. The molecule has 0 saturated carbocycles. The van der Waals surface area contributed by atoms with Crippen molar-refractivity contribution in [1.29, 1.82) is 0 Å². The summed E-state index contributed by atoms with van der Waals surface area (Å²) < 4.78 is 0. The second-order valence-electron chi connectivity index (χ2n) is 24.7. The monoisotopic (exact) mass is 1460 g/mol. The third-order valence-corrected chi connectivity index (χ3v) is 17.4. The molecule has 23 heteroatoms. The van der Waals surface area contributed by atoms with Crippen molar-refractivity contribution >= 4 is 112 Å². The number of para-hydroxylation sites is 3. The van der Waals surface area contributed by atoms with Crippen LogP contribution in [-0.4, -0.2) is 93.3 Å². The van der Waals surface area contributed by atoms with Gasteiger partial charge in [0.2, 0.25) is 0 Å². The van der Waals surface area contributed by atoms with Crippen LogP contribution in [0.1, 0.15) is 79.6 Å². The van der Waals surface area contributed by atoms with Gasteiger partial charge in [0.25, 0.3) is 17.7 Å². The third-order valence-electron chi connectivity index (χ3n) is 17.4. The predicted octanol–water partition coefficient (Wildman–Crippen LogP) is 14.9. The SMILES string of the molecule is O=C(CO)c1ccc(CNc2ccc3ccccc3n2)cc1.O=C(CO)c1ccc(CNc2ccc3cccnc3c2)cc1.O=C(NO)c1ccc(CNc2cccc3cnccc23)cc1.O=C(NO)c1ccc(CNc2ccnc3ccccc23)cc1.O=C(NO)c1cccc(CNc2cccc3cccnc23)c1. The number of nitrogens with zero attached hydrogens (tertiary/aromatic N) is 5. The summed E-state index contributed by atoms with van der Waals surface area (Å²) >= 11 is 0. The number of rotatable bonds is 22. The Balaban J connectivity index is 0.000000136. The zero-order valence-electron chi connectivity index (χ0n) is 59.3. The summed E-state index contributed by atoms with van der Waals surface area (Å²) in [5.41, 5.74) is 20.1. The number of aliphatic hydroxyl groups is 2. The molecular formula is C87H77N13O10. The van der Waals surface area contributed by atoms with E-state index in [2.05, 4.69) is 51.5 Å². The van der Waals surface area contributed by atoms with Crippen molar-refractivity contribution in [2.45, 2.75) is 32.7 Å². The molecule has 10 aromatic carbocycles. The van der Waals surface area contributed by atoms with Gasteiger partial charge in [-0.05, 0) is 137 Å². The van der Waals surface area contributed by atoms with Gasteiger partial charge >= 0.3 is 0 Å². The van der Waals surface area contributed by atoms with Crippen LogP contribution in [0.4, 0.5) is 28.6 Å². The number of amides is 3. The number of benzene rings is 10. The Kier molecular flexibility index (Phi) is 27.4. The molecular weight excluding hydrogens is 1390 g/mol. The maximum absolute atomic E-state index is 11.4. The summed E-state index contributed by atoms with van der Waals surface area (Å²) in [5, 5.41) is 66.8. The van der Waals surface area contributed by atoms with Gasteiger partial charge in [0, 0.05) is 141 Å². The minimum absolute atomic E-state index is 0.264. The zero-order valence-corrected chi connectivity index (χ0v) is 59.3. The summed E-state index contributed by atoms with van der Waals surface area (Å²) in [6.07, 6.45) is 8.93. The first kappa shape index (κ1) is 76.9. The number of anilines is 5. The van der Waals surface area contributed by atoms with Crippen LogP contribution in [0.2, 0.25) is 0 Å². The highest BCUT2D eigenvalue weighted by atomic mass is 16.5. The fraction of sp³-hybridized carbons (Fsp3) is 0.0805. The Morgan fingerprint density at radius 1 is 0.309 bits per heavy atom. The van der Waals surface area contributed by atoms with Crippen molar-refractivity contribution in [2.24, 2.45) is 0 Å². The number of ketones is 2. The smallest absolute Gasteiger partial charge is 0.274 e. The standard InChI is InChI=1S/2C18H16N2O2.3C17H15N3O2/c21-12-18(22)15-5-3-13(4-6-15)11-20-16-8-7-14-2-1-9-19-17(14)10-16;21-12-17(22)15-7-5-13(6-8-15)11-19-18-10-9-14-3-1-2-4-16(14)20-18;21-17(20-22)14-6-1-4-12(10-14)11-19-15-8-2-5-13-7-3-9-18-16(13)15;21-17(20-22)13-6-4-12(5-7-13)10-19-16-3-1-2-14-11-18-9-8-15(14)16;21-17(20-22)13-7-5-12(6-8-13)11-19-16-9-10-18-15-4-2-1-3-14(15)16/h1-10,20-21H,11-12H2;1-10,21H,11-12H2,(H,19,20);1-10,19,22H,11H2,(H,20,21);1-9,11,19,22H,10H2,(H,20,21);1-10,22H,11H2,(H,18,19)(H,20,21). The number of hydrogen-bond donors (Lipinski definition) is 13. The van der Waals surface area contributed by atoms with E-state index in [1.54, 1.807) is 108 Å². The summed E-state index contributed by atoms with van der Waals surface area (Å²) in [6.45, 7) is 2.20. The highest BCUT2D eigenvalue weighted by Crippen LogP contribution is 2.26. The summed E-state index contributed by atoms with van der Waals surface area (Å²) in [5.74, 6) is -1.26. The Bertz CT molecular complexity index is 5320. The van der Waals surface area contributed by atoms with Gasteiger partial charge in [-0.2, -0.15) is 0 Å². The van der Waals surface area contributed by atoms with Gasteiger partial charge in [0.05, 0.1) is 27.8 Å². The largest absolute Gasteiger partial charge is 0.388 e. The van der Waals surface area contributed by atoms with Crippen LogP contribution in [0, 0.1) is 0 Å². The number of Topliss-reactive ketones (excluding diaryl/α,β-unsaturated/α-hetero) is 2. The first-order valence-electron chi connectivity index (χ1n) is 34.8. The van der Waals surface area contributed by atoms with Crippen LogP contribution >= 0.6 is 0 Å². The maximum Gasteiger partial charge on any atom is 0.274 e. The number of carbonyl (C=O) groups excluding carboxylic acids is 5. The van der Waals surface area contributed by atoms with Crippen LogP contribution < -0.4 is 43.0 Å². The Labute approximate surface area is 632 Å². The lowest BCUT2D eigenvalue weighted by molar-refractivity contribution is 0.0702. The maximum atomic E-state index is 11.4. The first-order valence-corrected chi connectivity index (χ1v) is 34.8. The molecule has 0 atom stereocenters. The van der Waals surface area contributed by atoms with Gasteiger partial charge < -0.3 is 36.8 Å². The molecule has 110 heavy (non-hydrogen) atoms. The molecule has 5 aromatic heterocycles. The number of hydrogen-bond acceptors (Lipinski definition) is 20. The number of aliphatic hydroxyl groups excluding tert-OH is 2. The van der Waals surface area contributed by atoms with Gasteiger partial charge in [0.15, 0.2) is 11.6 Å². The first-order chi connectivity index (χ1) is 53.8. The lowest BCUT2D eigenvalue weighted by Gasteiger charge is -2.10. The lowest BCUT2D eigenvalue weighted by atomic mass is 10.1. The van der Waals surface area contributed by atoms with Gasteiger partial charge in [0.1, 0.15) is 19.0 Å². The molecule has 0 unspecified atom stereocenters.